The van der Waals surface area contributed by atoms with Gasteiger partial charge in [0, 0.05) is 87.0 Å². The Labute approximate surface area is 844 Å². The van der Waals surface area contributed by atoms with E-state index in [-0.39, 0.29) is 80.6 Å². The highest BCUT2D eigenvalue weighted by Gasteiger charge is 2.35. The number of nitrogens with one attached hydrogen (secondary N) is 3. The molecular formula is C98H119Cl2N9O20S10-2. The van der Waals surface area contributed by atoms with Crippen LogP contribution in [0.1, 0.15) is 126 Å². The van der Waals surface area contributed by atoms with Crippen LogP contribution in [-0.2, 0) is 85.0 Å². The molecule has 3 aliphatic heterocycles. The van der Waals surface area contributed by atoms with E-state index in [1.165, 1.54) is 23.1 Å². The minimum absolute atomic E-state index is 0. The number of thioether (sulfide) groups is 2. The minimum atomic E-state index is -4.41. The minimum Gasteiger partial charge on any atom is -0.748 e. The number of oxazole rings is 1. The molecule has 0 bridgehead atoms. The fourth-order valence-corrected chi connectivity index (χ4v) is 22.6. The standard InChI is InChI=1S/C33H30N2O6S4.C25H22ClN3O7S3.C25H23ClN2O7S3.2C4H11N.2C2H6.3CH4/c36-44(37,38)19-7-17-34-28-21-26(24-9-3-1-4-10-24)13-15-30(28)42-32(34)23-33-35(18-8-20-45(39,40)41)29-22-27(14-16-31(29)43-33)25-11-5-2-6-12-25;1-38(31,32)27-22(30)15-29-19-13-17(26)8-10-21(19)37-24(29)14-23-28(11-4-12-39(33,34)35)25-18-6-3-2-5-16(18)7-9-20(25)36-23;26-18-8-9-21-20(15-18)27(11-3-13-37(29,30)31)23(35-21)16-24-28(12-4-14-38(32,33)34)25-19-6-2-1-5-17(19)7-10-22(25)36-24;2*1-3-5-4-2;2*1-2;;;/h1-6,9-16,21-23H,7-8,17-20H2,(H-,36,37,38,39,40,41);2-3,5-10,13-14H,4,11-12,15H2,1H3,(H-,27,30,33,34,35);1-2,5-10,15-16H,3-4,11-14H2,(H-,29,30,31,32,33,34);2*5H,3-4H2,1-2H3;2*1-2H3;3*1H4/p-2. The Hall–Kier alpha value is -9.44. The van der Waals surface area contributed by atoms with Crippen LogP contribution in [0.4, 0.5) is 17.1 Å². The number of sulfonamides is 1. The van der Waals surface area contributed by atoms with Crippen molar-refractivity contribution in [3.63, 3.8) is 0 Å². The van der Waals surface area contributed by atoms with E-state index in [1.54, 1.807) is 86.0 Å². The van der Waals surface area contributed by atoms with E-state index in [1.807, 2.05) is 198 Å². The molecule has 0 radical (unpaired) electrons. The summed E-state index contributed by atoms with van der Waals surface area (Å²) < 4.78 is 215. The first-order chi connectivity index (χ1) is 64.7. The highest BCUT2D eigenvalue weighted by atomic mass is 35.5. The highest BCUT2D eigenvalue weighted by molar-refractivity contribution is 8.04. The van der Waals surface area contributed by atoms with E-state index < -0.39 is 95.3 Å². The zero-order valence-electron chi connectivity index (χ0n) is 76.2. The number of carbonyl (C=O) groups excluding carboxylic acids is 1. The molecule has 1 amide bonds. The third-order valence-corrected chi connectivity index (χ3v) is 30.0. The SMILES string of the molecule is C.C.C.CC.CC.CCNCC.CCNCC.CS(=O)(=O)NC(=O)CN1C(=Cc2oc3ccc4ccccc4c3[n+]2CCCS(=O)(=O)[O-])Sc2ccc(Cl)cc21.O=S(=O)([O-])CCCN1C(=Cc2sc3ccc(-c4ccccc4)cc3[n+]2CCCS(=O)(=O)[O-])Sc2ccc(-c3ccccc3)cc21.O=S(=O)([O-])CCCN1C(=Cc2sc3ccc4ccccc4c3[n+]2CCCS(=O)(=O)[O-])Oc2ccc(Cl)cc21. The second kappa shape index (κ2) is 53.6. The number of benzene rings is 10. The van der Waals surface area contributed by atoms with Gasteiger partial charge < -0.3 is 57.3 Å². The molecule has 13 aromatic rings. The summed E-state index contributed by atoms with van der Waals surface area (Å²) in [6, 6.07) is 65.8. The summed E-state index contributed by atoms with van der Waals surface area (Å²) in [4.78, 5) is 19.8. The number of ether oxygens (including phenoxy) is 1. The molecule has 139 heavy (non-hydrogen) atoms. The summed E-state index contributed by atoms with van der Waals surface area (Å²) in [6.07, 6.45) is 7.01. The van der Waals surface area contributed by atoms with E-state index in [9.17, 15) is 78.1 Å². The topological polar surface area (TPSA) is 417 Å². The Bertz CT molecular complexity index is 7210. The molecule has 0 unspecified atom stereocenters. The third kappa shape index (κ3) is 33.9. The van der Waals surface area contributed by atoms with E-state index in [0.29, 0.717) is 62.6 Å². The first kappa shape index (κ1) is 117. The van der Waals surface area contributed by atoms with Gasteiger partial charge in [0.15, 0.2) is 25.4 Å². The van der Waals surface area contributed by atoms with Crippen LogP contribution in [0.5, 0.6) is 5.75 Å². The monoisotopic (exact) mass is 2130 g/mol. The quantitative estimate of drug-likeness (QED) is 0.0260. The van der Waals surface area contributed by atoms with Gasteiger partial charge in [0.1, 0.15) is 15.9 Å². The first-order valence-electron chi connectivity index (χ1n) is 43.8. The highest BCUT2D eigenvalue weighted by Crippen LogP contribution is 2.50. The number of halogens is 2. The molecule has 0 fully saturated rings. The van der Waals surface area contributed by atoms with Crippen molar-refractivity contribution in [3.05, 3.63) is 248 Å². The number of thiazole rings is 2. The maximum absolute atomic E-state index is 12.6. The van der Waals surface area contributed by atoms with Gasteiger partial charge in [0.25, 0.3) is 21.4 Å². The number of nitrogens with zero attached hydrogens (tertiary/aromatic N) is 6. The lowest BCUT2D eigenvalue weighted by molar-refractivity contribution is -0.677. The normalized spacial score (nSPS) is 13.6. The molecule has 16 rings (SSSR count). The van der Waals surface area contributed by atoms with Crippen LogP contribution in [0, 0.1) is 0 Å². The van der Waals surface area contributed by atoms with Crippen LogP contribution in [0.25, 0.3) is 93.6 Å². The molecular weight excluding hydrogens is 2010 g/mol. The number of anilines is 3. The zero-order valence-corrected chi connectivity index (χ0v) is 85.9. The summed E-state index contributed by atoms with van der Waals surface area (Å²) in [5.74, 6) is -1.93. The van der Waals surface area contributed by atoms with Crippen LogP contribution in [0.15, 0.2) is 236 Å². The second-order valence-electron chi connectivity index (χ2n) is 30.3. The molecule has 3 aliphatic rings. The largest absolute Gasteiger partial charge is 0.748 e. The fourth-order valence-electron chi connectivity index (χ4n) is 14.9. The predicted molar refractivity (Wildman–Crippen MR) is 564 cm³/mol. The Morgan fingerprint density at radius 3 is 1.37 bits per heavy atom. The van der Waals surface area contributed by atoms with Crippen LogP contribution >= 0.6 is 69.4 Å². The number of carbonyl (C=O) groups is 1. The molecule has 10 aromatic carbocycles. The number of amides is 1. The molecule has 0 atom stereocenters. The van der Waals surface area contributed by atoms with Crippen LogP contribution in [0.2, 0.25) is 10.0 Å². The molecule has 0 aliphatic carbocycles. The van der Waals surface area contributed by atoms with Crippen molar-refractivity contribution < 1.29 is 101 Å². The molecule has 752 valence electrons. The van der Waals surface area contributed by atoms with Gasteiger partial charge >= 0.3 is 5.89 Å². The lowest BCUT2D eigenvalue weighted by Gasteiger charge is -2.21. The van der Waals surface area contributed by atoms with Crippen LogP contribution in [0.3, 0.4) is 0 Å². The molecule has 0 spiro atoms. The number of aromatic nitrogens is 3. The number of aryl methyl sites for hydroxylation is 3. The van der Waals surface area contributed by atoms with Gasteiger partial charge in [-0.15, -0.1) is 0 Å². The number of fused-ring (bicyclic) bond motifs is 10. The zero-order chi connectivity index (χ0) is 98.9. The van der Waals surface area contributed by atoms with Crippen molar-refractivity contribution in [2.24, 2.45) is 0 Å². The lowest BCUT2D eigenvalue weighted by atomic mass is 10.0. The van der Waals surface area contributed by atoms with Gasteiger partial charge in [0.2, 0.25) is 32.5 Å². The average molecular weight is 2130 g/mol. The lowest BCUT2D eigenvalue weighted by Crippen LogP contribution is -2.39. The van der Waals surface area contributed by atoms with Gasteiger partial charge in [-0.25, -0.2) is 50.5 Å². The van der Waals surface area contributed by atoms with E-state index in [0.717, 1.165) is 133 Å². The molecule has 0 saturated heterocycles. The maximum atomic E-state index is 12.6. The number of hydrogen-bond acceptors (Lipinski definition) is 29. The Morgan fingerprint density at radius 1 is 0.424 bits per heavy atom. The number of hydrogen-bond donors (Lipinski definition) is 3. The van der Waals surface area contributed by atoms with E-state index in [2.05, 4.69) is 62.6 Å². The van der Waals surface area contributed by atoms with Crippen molar-refractivity contribution in [1.82, 2.24) is 15.4 Å². The summed E-state index contributed by atoms with van der Waals surface area (Å²) >= 11 is 18.3. The van der Waals surface area contributed by atoms with Gasteiger partial charge in [-0.2, -0.15) is 13.7 Å². The van der Waals surface area contributed by atoms with Crippen molar-refractivity contribution in [2.45, 2.75) is 139 Å². The second-order valence-corrected chi connectivity index (χ2v) is 44.8. The van der Waals surface area contributed by atoms with E-state index >= 15 is 0 Å². The first-order valence-corrected chi connectivity index (χ1v) is 57.6. The van der Waals surface area contributed by atoms with Gasteiger partial charge in [-0.3, -0.25) is 9.52 Å². The van der Waals surface area contributed by atoms with Gasteiger partial charge in [-0.05, 0) is 151 Å². The van der Waals surface area contributed by atoms with Crippen LogP contribution in [-0.4, -0.2) is 160 Å². The molecule has 41 heteroatoms. The maximum Gasteiger partial charge on any atom is 0.376 e. The average Bonchev–Trinajstić information content (AvgIpc) is 1.61. The summed E-state index contributed by atoms with van der Waals surface area (Å²) in [7, 11) is -25.7. The summed E-state index contributed by atoms with van der Waals surface area (Å²) in [5.41, 5.74) is 9.43. The van der Waals surface area contributed by atoms with E-state index in [4.69, 9.17) is 32.4 Å². The summed E-state index contributed by atoms with van der Waals surface area (Å²) in [6.45, 7) is 21.8. The number of rotatable bonds is 32. The van der Waals surface area contributed by atoms with Crippen molar-refractivity contribution in [1.29, 1.82) is 0 Å². The molecule has 3 N–H and O–H groups in total. The molecule has 29 nitrogen and oxygen atoms in total. The van der Waals surface area contributed by atoms with Crippen molar-refractivity contribution in [3.8, 4) is 28.0 Å². The smallest absolute Gasteiger partial charge is 0.376 e. The Balaban J connectivity index is 0.000000263. The summed E-state index contributed by atoms with van der Waals surface area (Å²) in [5, 5.41) is 14.0. The Kier molecular flexibility index (Phi) is 44.9. The predicted octanol–water partition coefficient (Wildman–Crippen LogP) is 19.0. The molecule has 6 heterocycles. The Morgan fingerprint density at radius 2 is 0.849 bits per heavy atom. The fraction of sp³-hybridized carbons (Fsp3) is 0.327. The van der Waals surface area contributed by atoms with Gasteiger partial charge in [0.05, 0.1) is 113 Å². The van der Waals surface area contributed by atoms with Gasteiger partial charge in [-0.1, -0.05) is 268 Å². The van der Waals surface area contributed by atoms with Crippen molar-refractivity contribution >= 4 is 224 Å². The van der Waals surface area contributed by atoms with Crippen molar-refractivity contribution in [2.75, 3.05) is 95.5 Å². The molecule has 0 saturated carbocycles. The molecule has 3 aromatic heterocycles. The third-order valence-electron chi connectivity index (χ3n) is 20.5. The van der Waals surface area contributed by atoms with Crippen LogP contribution < -0.4 is 48.5 Å².